The smallest absolute Gasteiger partial charge is 0.289 e. The largest absolute Gasteiger partial charge is 0.396 e. The highest BCUT2D eigenvalue weighted by atomic mass is 35.5. The van der Waals surface area contributed by atoms with E-state index in [4.69, 9.17) is 16.7 Å². The van der Waals surface area contributed by atoms with Gasteiger partial charge in [0.15, 0.2) is 0 Å². The quantitative estimate of drug-likeness (QED) is 0.453. The molecule has 7 heteroatoms. The minimum absolute atomic E-state index is 0.126. The van der Waals surface area contributed by atoms with Crippen molar-refractivity contribution in [2.75, 3.05) is 18.5 Å². The van der Waals surface area contributed by atoms with Gasteiger partial charge in [0.25, 0.3) is 5.69 Å². The molecule has 1 unspecified atom stereocenters. The number of hydrogen-bond donors (Lipinski definition) is 2. The Balaban J connectivity index is 2.46. The molecule has 0 fully saturated rings. The van der Waals surface area contributed by atoms with Crippen LogP contribution in [0.3, 0.4) is 0 Å². The summed E-state index contributed by atoms with van der Waals surface area (Å²) in [6.07, 6.45) is 2.94. The van der Waals surface area contributed by atoms with Crippen molar-refractivity contribution < 1.29 is 10.0 Å². The fourth-order valence-electron chi connectivity index (χ4n) is 1.41. The summed E-state index contributed by atoms with van der Waals surface area (Å²) < 4.78 is 0. The first-order valence-corrected chi connectivity index (χ1v) is 6.07. The van der Waals surface area contributed by atoms with Gasteiger partial charge in [-0.1, -0.05) is 18.5 Å². The molecule has 0 bridgehead atoms. The molecule has 0 spiro atoms. The lowest BCUT2D eigenvalue weighted by molar-refractivity contribution is -0.385. The zero-order valence-electron chi connectivity index (χ0n) is 10.1. The minimum Gasteiger partial charge on any atom is -0.396 e. The van der Waals surface area contributed by atoms with Crippen LogP contribution in [0.15, 0.2) is 12.3 Å². The number of pyridine rings is 1. The normalized spacial score (nSPS) is 12.2. The zero-order valence-corrected chi connectivity index (χ0v) is 10.9. The van der Waals surface area contributed by atoms with Gasteiger partial charge in [0, 0.05) is 19.2 Å². The van der Waals surface area contributed by atoms with Crippen LogP contribution in [0, 0.1) is 16.0 Å². The molecule has 0 aromatic carbocycles. The number of halogens is 1. The average molecular weight is 274 g/mol. The molecule has 100 valence electrons. The number of nitrogens with one attached hydrogen (secondary N) is 1. The van der Waals surface area contributed by atoms with E-state index in [2.05, 4.69) is 10.3 Å². The Bertz CT molecular complexity index is 415. The molecule has 1 heterocycles. The summed E-state index contributed by atoms with van der Waals surface area (Å²) in [6.45, 7) is 2.81. The van der Waals surface area contributed by atoms with Crippen LogP contribution in [0.4, 0.5) is 11.5 Å². The second-order valence-electron chi connectivity index (χ2n) is 4.14. The number of aromatic nitrogens is 1. The van der Waals surface area contributed by atoms with Crippen LogP contribution in [-0.2, 0) is 0 Å². The summed E-state index contributed by atoms with van der Waals surface area (Å²) in [4.78, 5) is 13.9. The molecular weight excluding hydrogens is 258 g/mol. The fourth-order valence-corrected chi connectivity index (χ4v) is 1.63. The molecule has 2 N–H and O–H groups in total. The van der Waals surface area contributed by atoms with Crippen LogP contribution in [-0.4, -0.2) is 28.2 Å². The molecule has 0 aliphatic rings. The van der Waals surface area contributed by atoms with Gasteiger partial charge in [-0.15, -0.1) is 0 Å². The van der Waals surface area contributed by atoms with E-state index in [-0.39, 0.29) is 23.2 Å². The van der Waals surface area contributed by atoms with Gasteiger partial charge in [0.2, 0.25) is 0 Å². The van der Waals surface area contributed by atoms with Crippen LogP contribution in [0.1, 0.15) is 19.8 Å². The standard InChI is InChI=1S/C11H16ClN3O3/c1-8(7-16)3-2-4-13-11-10(12)5-9(6-14-11)15(17)18/h5-6,8,16H,2-4,7H2,1H3,(H,13,14). The highest BCUT2D eigenvalue weighted by Gasteiger charge is 2.10. The summed E-state index contributed by atoms with van der Waals surface area (Å²) in [6, 6.07) is 1.27. The van der Waals surface area contributed by atoms with E-state index in [1.54, 1.807) is 0 Å². The number of nitro groups is 1. The number of aliphatic hydroxyl groups is 1. The Morgan fingerprint density at radius 1 is 1.67 bits per heavy atom. The van der Waals surface area contributed by atoms with Gasteiger partial charge in [-0.25, -0.2) is 4.98 Å². The summed E-state index contributed by atoms with van der Waals surface area (Å²) in [5, 5.41) is 22.6. The first kappa shape index (κ1) is 14.7. The highest BCUT2D eigenvalue weighted by molar-refractivity contribution is 6.33. The highest BCUT2D eigenvalue weighted by Crippen LogP contribution is 2.23. The third-order valence-electron chi connectivity index (χ3n) is 2.52. The molecule has 18 heavy (non-hydrogen) atoms. The third-order valence-corrected chi connectivity index (χ3v) is 2.80. The molecular formula is C11H16ClN3O3. The van der Waals surface area contributed by atoms with Gasteiger partial charge in [-0.05, 0) is 18.8 Å². The lowest BCUT2D eigenvalue weighted by Crippen LogP contribution is -2.07. The number of rotatable bonds is 7. The number of anilines is 1. The summed E-state index contributed by atoms with van der Waals surface area (Å²) >= 11 is 5.87. The molecule has 1 aromatic rings. The van der Waals surface area contributed by atoms with Gasteiger partial charge in [0.1, 0.15) is 12.0 Å². The van der Waals surface area contributed by atoms with E-state index < -0.39 is 4.92 Å². The monoisotopic (exact) mass is 273 g/mol. The van der Waals surface area contributed by atoms with Gasteiger partial charge in [-0.3, -0.25) is 10.1 Å². The first-order chi connectivity index (χ1) is 8.54. The van der Waals surface area contributed by atoms with Crippen molar-refractivity contribution in [3.05, 3.63) is 27.4 Å². The Morgan fingerprint density at radius 3 is 2.94 bits per heavy atom. The Hall–Kier alpha value is -1.40. The molecule has 1 aromatic heterocycles. The van der Waals surface area contributed by atoms with E-state index in [1.165, 1.54) is 12.3 Å². The number of aliphatic hydroxyl groups excluding tert-OH is 1. The van der Waals surface area contributed by atoms with E-state index in [0.717, 1.165) is 12.8 Å². The first-order valence-electron chi connectivity index (χ1n) is 5.69. The van der Waals surface area contributed by atoms with Gasteiger partial charge in [0.05, 0.1) is 9.95 Å². The van der Waals surface area contributed by atoms with Crippen molar-refractivity contribution >= 4 is 23.1 Å². The van der Waals surface area contributed by atoms with Crippen molar-refractivity contribution in [1.82, 2.24) is 4.98 Å². The predicted octanol–water partition coefficient (Wildman–Crippen LogP) is 2.46. The maximum Gasteiger partial charge on any atom is 0.289 e. The maximum absolute atomic E-state index is 10.5. The Kier molecular flexibility index (Phi) is 5.80. The molecule has 0 aliphatic carbocycles. The van der Waals surface area contributed by atoms with E-state index in [1.807, 2.05) is 6.92 Å². The third kappa shape index (κ3) is 4.46. The molecule has 0 radical (unpaired) electrons. The molecule has 0 saturated carbocycles. The summed E-state index contributed by atoms with van der Waals surface area (Å²) in [5.74, 6) is 0.714. The lowest BCUT2D eigenvalue weighted by Gasteiger charge is -2.09. The molecule has 0 aliphatic heterocycles. The second-order valence-corrected chi connectivity index (χ2v) is 4.55. The van der Waals surface area contributed by atoms with E-state index in [0.29, 0.717) is 12.4 Å². The van der Waals surface area contributed by atoms with Crippen molar-refractivity contribution in [2.45, 2.75) is 19.8 Å². The van der Waals surface area contributed by atoms with Crippen LogP contribution in [0.25, 0.3) is 0 Å². The van der Waals surface area contributed by atoms with Gasteiger partial charge >= 0.3 is 0 Å². The Labute approximate surface area is 110 Å². The maximum atomic E-state index is 10.5. The van der Waals surface area contributed by atoms with Crippen molar-refractivity contribution in [3.63, 3.8) is 0 Å². The molecule has 0 amide bonds. The van der Waals surface area contributed by atoms with Crippen LogP contribution in [0.5, 0.6) is 0 Å². The van der Waals surface area contributed by atoms with Gasteiger partial charge in [-0.2, -0.15) is 0 Å². The van der Waals surface area contributed by atoms with E-state index >= 15 is 0 Å². The lowest BCUT2D eigenvalue weighted by atomic mass is 10.1. The molecule has 0 saturated heterocycles. The minimum atomic E-state index is -0.536. The number of nitrogens with zero attached hydrogens (tertiary/aromatic N) is 2. The fraction of sp³-hybridized carbons (Fsp3) is 0.545. The molecule has 6 nitrogen and oxygen atoms in total. The number of hydrogen-bond acceptors (Lipinski definition) is 5. The van der Waals surface area contributed by atoms with E-state index in [9.17, 15) is 10.1 Å². The molecule has 1 atom stereocenters. The van der Waals surface area contributed by atoms with Crippen LogP contribution < -0.4 is 5.32 Å². The van der Waals surface area contributed by atoms with Crippen molar-refractivity contribution in [2.24, 2.45) is 5.92 Å². The Morgan fingerprint density at radius 2 is 2.39 bits per heavy atom. The SMILES string of the molecule is CC(CO)CCCNc1ncc([N+](=O)[O-])cc1Cl. The average Bonchev–Trinajstić information content (AvgIpc) is 2.35. The van der Waals surface area contributed by atoms with Crippen LogP contribution in [0.2, 0.25) is 5.02 Å². The molecule has 1 rings (SSSR count). The van der Waals surface area contributed by atoms with Gasteiger partial charge < -0.3 is 10.4 Å². The van der Waals surface area contributed by atoms with Crippen LogP contribution >= 0.6 is 11.6 Å². The van der Waals surface area contributed by atoms with Crippen molar-refractivity contribution in [1.29, 1.82) is 0 Å². The topological polar surface area (TPSA) is 88.3 Å². The second kappa shape index (κ2) is 7.13. The zero-order chi connectivity index (χ0) is 13.5. The summed E-state index contributed by atoms with van der Waals surface area (Å²) in [5.41, 5.74) is -0.126. The summed E-state index contributed by atoms with van der Waals surface area (Å²) in [7, 11) is 0. The predicted molar refractivity (Wildman–Crippen MR) is 69.9 cm³/mol. The van der Waals surface area contributed by atoms with Crippen molar-refractivity contribution in [3.8, 4) is 0 Å².